The average molecular weight is 336 g/mol. The first-order valence-electron chi connectivity index (χ1n) is 6.28. The summed E-state index contributed by atoms with van der Waals surface area (Å²) in [6.07, 6.45) is 3.79. The van der Waals surface area contributed by atoms with Crippen LogP contribution in [0, 0.1) is 5.41 Å². The fraction of sp³-hybridized carbons (Fsp3) is 0.462. The molecule has 0 aliphatic heterocycles. The van der Waals surface area contributed by atoms with Crippen molar-refractivity contribution in [2.45, 2.75) is 37.5 Å². The molecule has 0 aromatic heterocycles. The molecule has 1 fully saturated rings. The molecule has 2 rings (SSSR count). The topological polar surface area (TPSA) is 63.2 Å². The van der Waals surface area contributed by atoms with Crippen LogP contribution in [-0.4, -0.2) is 14.3 Å². The first-order chi connectivity index (χ1) is 9.22. The zero-order valence-electron chi connectivity index (χ0n) is 10.9. The van der Waals surface area contributed by atoms with Gasteiger partial charge in [0.25, 0.3) is 9.05 Å². The molecule has 1 amide bonds. The Morgan fingerprint density at radius 3 is 2.40 bits per heavy atom. The monoisotopic (exact) mass is 335 g/mol. The van der Waals surface area contributed by atoms with Gasteiger partial charge in [-0.3, -0.25) is 4.79 Å². The summed E-state index contributed by atoms with van der Waals surface area (Å²) < 4.78 is 22.4. The van der Waals surface area contributed by atoms with E-state index in [2.05, 4.69) is 5.32 Å². The van der Waals surface area contributed by atoms with Crippen LogP contribution in [0.2, 0.25) is 5.02 Å². The van der Waals surface area contributed by atoms with Gasteiger partial charge in [0, 0.05) is 16.1 Å². The van der Waals surface area contributed by atoms with E-state index in [0.717, 1.165) is 25.7 Å². The van der Waals surface area contributed by atoms with E-state index in [-0.39, 0.29) is 21.2 Å². The third kappa shape index (κ3) is 3.27. The molecule has 1 aliphatic rings. The lowest BCUT2D eigenvalue weighted by Crippen LogP contribution is -2.30. The normalized spacial score (nSPS) is 17.9. The zero-order chi connectivity index (χ0) is 15.0. The second-order valence-corrected chi connectivity index (χ2v) is 8.27. The van der Waals surface area contributed by atoms with Crippen LogP contribution in [0.15, 0.2) is 23.1 Å². The fourth-order valence-electron chi connectivity index (χ4n) is 2.40. The van der Waals surface area contributed by atoms with Gasteiger partial charge in [0.05, 0.1) is 15.6 Å². The maximum absolute atomic E-state index is 12.3. The molecule has 7 heteroatoms. The van der Waals surface area contributed by atoms with E-state index in [4.69, 9.17) is 22.3 Å². The van der Waals surface area contributed by atoms with Gasteiger partial charge in [0.2, 0.25) is 5.91 Å². The number of hydrogen-bond donors (Lipinski definition) is 1. The van der Waals surface area contributed by atoms with Crippen LogP contribution in [0.4, 0.5) is 5.69 Å². The summed E-state index contributed by atoms with van der Waals surface area (Å²) in [7, 11) is 1.42. The van der Waals surface area contributed by atoms with E-state index in [0.29, 0.717) is 5.69 Å². The quantitative estimate of drug-likeness (QED) is 0.854. The number of carbonyl (C=O) groups excluding carboxylic acids is 1. The van der Waals surface area contributed by atoms with E-state index >= 15 is 0 Å². The van der Waals surface area contributed by atoms with Crippen LogP contribution in [0.5, 0.6) is 0 Å². The van der Waals surface area contributed by atoms with Crippen molar-refractivity contribution in [2.24, 2.45) is 5.41 Å². The first-order valence-corrected chi connectivity index (χ1v) is 8.97. The Bertz CT molecular complexity index is 637. The molecule has 4 nitrogen and oxygen atoms in total. The number of halogens is 2. The highest BCUT2D eigenvalue weighted by Crippen LogP contribution is 2.39. The van der Waals surface area contributed by atoms with Gasteiger partial charge in [-0.05, 0) is 31.0 Å². The standard InChI is InChI=1S/C13H15Cl2NO3S/c1-13(6-2-3-7-13)12(17)16-11-5-4-9(8-10(11)14)20(15,18)19/h4-5,8H,2-3,6-7H2,1H3,(H,16,17). The van der Waals surface area contributed by atoms with Gasteiger partial charge in [-0.25, -0.2) is 8.42 Å². The molecule has 0 bridgehead atoms. The second-order valence-electron chi connectivity index (χ2n) is 5.30. The number of nitrogens with one attached hydrogen (secondary N) is 1. The Kier molecular flexibility index (Phi) is 4.33. The van der Waals surface area contributed by atoms with Gasteiger partial charge in [0.1, 0.15) is 0 Å². The molecule has 0 radical (unpaired) electrons. The molecule has 110 valence electrons. The number of carbonyl (C=O) groups is 1. The van der Waals surface area contributed by atoms with Crippen molar-refractivity contribution in [1.82, 2.24) is 0 Å². The predicted octanol–water partition coefficient (Wildman–Crippen LogP) is 3.79. The van der Waals surface area contributed by atoms with Gasteiger partial charge in [-0.2, -0.15) is 0 Å². The molecule has 1 aliphatic carbocycles. The molecule has 0 heterocycles. The smallest absolute Gasteiger partial charge is 0.261 e. The molecular formula is C13H15Cl2NO3S. The zero-order valence-corrected chi connectivity index (χ0v) is 13.3. The largest absolute Gasteiger partial charge is 0.324 e. The van der Waals surface area contributed by atoms with Crippen LogP contribution >= 0.6 is 22.3 Å². The summed E-state index contributed by atoms with van der Waals surface area (Å²) >= 11 is 5.99. The van der Waals surface area contributed by atoms with E-state index in [1.807, 2.05) is 6.92 Å². The Morgan fingerprint density at radius 1 is 1.30 bits per heavy atom. The van der Waals surface area contributed by atoms with Crippen LogP contribution in [0.3, 0.4) is 0 Å². The molecule has 0 atom stereocenters. The van der Waals surface area contributed by atoms with Crippen LogP contribution < -0.4 is 5.32 Å². The Balaban J connectivity index is 2.20. The molecular weight excluding hydrogens is 321 g/mol. The Labute approximate surface area is 127 Å². The van der Waals surface area contributed by atoms with Crippen molar-refractivity contribution in [2.75, 3.05) is 5.32 Å². The average Bonchev–Trinajstić information content (AvgIpc) is 2.78. The van der Waals surface area contributed by atoms with Crippen molar-refractivity contribution in [1.29, 1.82) is 0 Å². The van der Waals surface area contributed by atoms with Crippen molar-refractivity contribution < 1.29 is 13.2 Å². The minimum absolute atomic E-state index is 0.0848. The number of anilines is 1. The molecule has 1 aromatic rings. The Hall–Kier alpha value is -0.780. The van der Waals surface area contributed by atoms with Gasteiger partial charge in [-0.1, -0.05) is 31.4 Å². The van der Waals surface area contributed by atoms with Crippen molar-refractivity contribution >= 4 is 42.9 Å². The van der Waals surface area contributed by atoms with Crippen LogP contribution in [-0.2, 0) is 13.8 Å². The fourth-order valence-corrected chi connectivity index (χ4v) is 3.47. The number of amides is 1. The van der Waals surface area contributed by atoms with E-state index in [9.17, 15) is 13.2 Å². The van der Waals surface area contributed by atoms with E-state index < -0.39 is 9.05 Å². The molecule has 20 heavy (non-hydrogen) atoms. The summed E-state index contributed by atoms with van der Waals surface area (Å²) in [6, 6.07) is 4.01. The lowest BCUT2D eigenvalue weighted by atomic mass is 9.88. The molecule has 0 unspecified atom stereocenters. The lowest BCUT2D eigenvalue weighted by Gasteiger charge is -2.22. The minimum Gasteiger partial charge on any atom is -0.324 e. The number of benzene rings is 1. The number of rotatable bonds is 3. The van der Waals surface area contributed by atoms with E-state index in [1.54, 1.807) is 0 Å². The summed E-state index contributed by atoms with van der Waals surface area (Å²) in [4.78, 5) is 12.2. The van der Waals surface area contributed by atoms with Gasteiger partial charge < -0.3 is 5.32 Å². The third-order valence-electron chi connectivity index (χ3n) is 3.73. The molecule has 0 saturated heterocycles. The molecule has 0 spiro atoms. The van der Waals surface area contributed by atoms with Crippen LogP contribution in [0.25, 0.3) is 0 Å². The highest BCUT2D eigenvalue weighted by Gasteiger charge is 2.36. The first kappa shape index (κ1) is 15.6. The van der Waals surface area contributed by atoms with Crippen molar-refractivity contribution in [3.05, 3.63) is 23.2 Å². The van der Waals surface area contributed by atoms with Crippen LogP contribution in [0.1, 0.15) is 32.6 Å². The van der Waals surface area contributed by atoms with Gasteiger partial charge in [-0.15, -0.1) is 0 Å². The van der Waals surface area contributed by atoms with Gasteiger partial charge in [0.15, 0.2) is 0 Å². The minimum atomic E-state index is -3.82. The van der Waals surface area contributed by atoms with Crippen molar-refractivity contribution in [3.8, 4) is 0 Å². The number of hydrogen-bond acceptors (Lipinski definition) is 3. The van der Waals surface area contributed by atoms with E-state index in [1.165, 1.54) is 18.2 Å². The summed E-state index contributed by atoms with van der Waals surface area (Å²) in [6.45, 7) is 1.93. The SMILES string of the molecule is CC1(C(=O)Nc2ccc(S(=O)(=O)Cl)cc2Cl)CCCC1. The summed E-state index contributed by atoms with van der Waals surface area (Å²) in [5.41, 5.74) is 0.0226. The predicted molar refractivity (Wildman–Crippen MR) is 79.7 cm³/mol. The maximum Gasteiger partial charge on any atom is 0.261 e. The highest BCUT2D eigenvalue weighted by molar-refractivity contribution is 8.13. The van der Waals surface area contributed by atoms with Crippen molar-refractivity contribution in [3.63, 3.8) is 0 Å². The molecule has 1 saturated carbocycles. The maximum atomic E-state index is 12.3. The molecule has 1 aromatic carbocycles. The highest BCUT2D eigenvalue weighted by atomic mass is 35.7. The third-order valence-corrected chi connectivity index (χ3v) is 5.39. The molecule has 1 N–H and O–H groups in total. The van der Waals surface area contributed by atoms with Gasteiger partial charge >= 0.3 is 0 Å². The summed E-state index contributed by atoms with van der Waals surface area (Å²) in [5, 5.41) is 2.92. The lowest BCUT2D eigenvalue weighted by molar-refractivity contribution is -0.124. The second kappa shape index (κ2) is 5.54. The Morgan fingerprint density at radius 2 is 1.90 bits per heavy atom. The summed E-state index contributed by atoms with van der Waals surface area (Å²) in [5.74, 6) is -0.0848.